The molecule has 2 bridgehead atoms. The second kappa shape index (κ2) is 10.1. The Morgan fingerprint density at radius 3 is 2.61 bits per heavy atom. The molecule has 0 spiro atoms. The van der Waals surface area contributed by atoms with Gasteiger partial charge in [-0.3, -0.25) is 4.90 Å². The molecule has 4 rings (SSSR count). The van der Waals surface area contributed by atoms with E-state index in [9.17, 15) is 9.18 Å². The Labute approximate surface area is 195 Å². The van der Waals surface area contributed by atoms with Gasteiger partial charge in [0, 0.05) is 17.7 Å². The van der Waals surface area contributed by atoms with E-state index in [0.717, 1.165) is 11.2 Å². The van der Waals surface area contributed by atoms with Crippen LogP contribution in [0.5, 0.6) is 5.88 Å². The lowest BCUT2D eigenvalue weighted by molar-refractivity contribution is -0.0937. The van der Waals surface area contributed by atoms with Gasteiger partial charge in [-0.05, 0) is 38.3 Å². The van der Waals surface area contributed by atoms with Gasteiger partial charge >= 0.3 is 6.09 Å². The third-order valence-electron chi connectivity index (χ3n) is 5.49. The predicted molar refractivity (Wildman–Crippen MR) is 119 cm³/mol. The second-order valence-corrected chi connectivity index (χ2v) is 9.09. The summed E-state index contributed by atoms with van der Waals surface area (Å²) in [7, 11) is 0. The van der Waals surface area contributed by atoms with Crippen LogP contribution in [0.15, 0.2) is 29.4 Å². The molecule has 2 aliphatic rings. The van der Waals surface area contributed by atoms with Crippen molar-refractivity contribution in [3.8, 4) is 5.88 Å². The van der Waals surface area contributed by atoms with Crippen molar-refractivity contribution in [1.82, 2.24) is 14.9 Å². The highest BCUT2D eigenvalue weighted by Gasteiger charge is 2.43. The highest BCUT2D eigenvalue weighted by Crippen LogP contribution is 2.33. The highest BCUT2D eigenvalue weighted by molar-refractivity contribution is 7.98. The Morgan fingerprint density at radius 1 is 1.24 bits per heavy atom. The Bertz CT molecular complexity index is 998. The number of hydrogen-bond acceptors (Lipinski definition) is 8. The molecule has 0 saturated carbocycles. The minimum atomic E-state index is -0.811. The largest absolute Gasteiger partial charge is 0.472 e. The van der Waals surface area contributed by atoms with Crippen molar-refractivity contribution in [3.63, 3.8) is 0 Å². The van der Waals surface area contributed by atoms with Gasteiger partial charge in [-0.25, -0.2) is 14.2 Å². The molecule has 2 atom stereocenters. The van der Waals surface area contributed by atoms with Crippen molar-refractivity contribution < 1.29 is 27.8 Å². The van der Waals surface area contributed by atoms with Crippen LogP contribution in [0.2, 0.25) is 0 Å². The standard InChI is InChI=1S/C22H26F2N4O4S/c1-12(2)31-22(29)28-13-6-15(7-14(28)10-30-9-13)32-21-19(24)20(25-11-26-21)27-18-5-4-16(33-3)8-17(18)23/h4-5,8,11-15H,6-7,9-10H2,1-3H3,(H,25,26,27). The summed E-state index contributed by atoms with van der Waals surface area (Å²) in [6, 6.07) is 4.14. The predicted octanol–water partition coefficient (Wildman–Crippen LogP) is 4.38. The van der Waals surface area contributed by atoms with Crippen LogP contribution in [-0.2, 0) is 9.47 Å². The Balaban J connectivity index is 1.46. The number of nitrogens with one attached hydrogen (secondary N) is 1. The Morgan fingerprint density at radius 2 is 1.97 bits per heavy atom. The van der Waals surface area contributed by atoms with Crippen LogP contribution in [-0.4, -0.2) is 64.7 Å². The molecule has 33 heavy (non-hydrogen) atoms. The average molecular weight is 481 g/mol. The van der Waals surface area contributed by atoms with Crippen LogP contribution in [0.4, 0.5) is 25.1 Å². The number of benzene rings is 1. The van der Waals surface area contributed by atoms with Crippen LogP contribution < -0.4 is 10.1 Å². The number of rotatable bonds is 6. The van der Waals surface area contributed by atoms with E-state index in [1.807, 2.05) is 6.26 Å². The van der Waals surface area contributed by atoms with Gasteiger partial charge in [0.15, 0.2) is 5.82 Å². The number of piperidine rings is 1. The number of morpholine rings is 1. The molecule has 0 aliphatic carbocycles. The monoisotopic (exact) mass is 480 g/mol. The van der Waals surface area contributed by atoms with Gasteiger partial charge < -0.3 is 19.5 Å². The van der Waals surface area contributed by atoms with E-state index in [1.54, 1.807) is 24.8 Å². The number of thioether (sulfide) groups is 1. The van der Waals surface area contributed by atoms with E-state index >= 15 is 4.39 Å². The summed E-state index contributed by atoms with van der Waals surface area (Å²) >= 11 is 1.41. The normalized spacial score (nSPS) is 22.2. The lowest BCUT2D eigenvalue weighted by atomic mass is 9.92. The molecule has 8 nitrogen and oxygen atoms in total. The maximum atomic E-state index is 15.1. The first-order chi connectivity index (χ1) is 15.9. The first kappa shape index (κ1) is 23.5. The molecule has 1 N–H and O–H groups in total. The van der Waals surface area contributed by atoms with E-state index < -0.39 is 11.6 Å². The van der Waals surface area contributed by atoms with Crippen LogP contribution in [0.25, 0.3) is 0 Å². The lowest BCUT2D eigenvalue weighted by Crippen LogP contribution is -2.61. The molecule has 2 fully saturated rings. The van der Waals surface area contributed by atoms with Gasteiger partial charge in [0.05, 0.1) is 37.1 Å². The molecule has 11 heteroatoms. The van der Waals surface area contributed by atoms with E-state index in [0.29, 0.717) is 26.1 Å². The number of anilines is 2. The van der Waals surface area contributed by atoms with Crippen LogP contribution in [0.3, 0.4) is 0 Å². The molecule has 178 valence electrons. The number of aromatic nitrogens is 2. The molecule has 1 aromatic heterocycles. The topological polar surface area (TPSA) is 85.8 Å². The van der Waals surface area contributed by atoms with Gasteiger partial charge in [0.2, 0.25) is 5.82 Å². The summed E-state index contributed by atoms with van der Waals surface area (Å²) < 4.78 is 46.2. The molecule has 1 aromatic carbocycles. The van der Waals surface area contributed by atoms with Gasteiger partial charge in [-0.15, -0.1) is 11.8 Å². The molecular formula is C22H26F2N4O4S. The molecule has 0 radical (unpaired) electrons. The zero-order valence-corrected chi connectivity index (χ0v) is 19.4. The summed E-state index contributed by atoms with van der Waals surface area (Å²) in [5.41, 5.74) is 0.0972. The molecule has 2 aliphatic heterocycles. The number of fused-ring (bicyclic) bond motifs is 2. The van der Waals surface area contributed by atoms with Crippen LogP contribution in [0, 0.1) is 11.6 Å². The summed E-state index contributed by atoms with van der Waals surface area (Å²) in [5, 5.41) is 2.67. The Kier molecular flexibility index (Phi) is 7.18. The third-order valence-corrected chi connectivity index (χ3v) is 6.21. The zero-order chi connectivity index (χ0) is 23.5. The highest BCUT2D eigenvalue weighted by atomic mass is 32.2. The summed E-state index contributed by atoms with van der Waals surface area (Å²) in [6.45, 7) is 4.31. The number of hydrogen-bond donors (Lipinski definition) is 1. The van der Waals surface area contributed by atoms with Gasteiger partial charge in [-0.1, -0.05) is 0 Å². The van der Waals surface area contributed by atoms with E-state index in [1.165, 1.54) is 23.9 Å². The molecule has 3 heterocycles. The van der Waals surface area contributed by atoms with Crippen molar-refractivity contribution in [3.05, 3.63) is 36.2 Å². The van der Waals surface area contributed by atoms with Crippen LogP contribution in [0.1, 0.15) is 26.7 Å². The smallest absolute Gasteiger partial charge is 0.410 e. The fourth-order valence-electron chi connectivity index (χ4n) is 4.05. The molecular weight excluding hydrogens is 454 g/mol. The first-order valence-corrected chi connectivity index (χ1v) is 11.9. The summed E-state index contributed by atoms with van der Waals surface area (Å²) in [6.07, 6.45) is 2.91. The molecule has 2 saturated heterocycles. The lowest BCUT2D eigenvalue weighted by Gasteiger charge is -2.47. The number of nitrogens with zero attached hydrogens (tertiary/aromatic N) is 3. The number of ether oxygens (including phenoxy) is 3. The SMILES string of the molecule is CSc1ccc(Nc2ncnc(OC3CC4COCC(C3)N4C(=O)OC(C)C)c2F)c(F)c1. The second-order valence-electron chi connectivity index (χ2n) is 8.21. The fraction of sp³-hybridized carbons (Fsp3) is 0.500. The fourth-order valence-corrected chi connectivity index (χ4v) is 4.48. The van der Waals surface area contributed by atoms with E-state index in [-0.39, 0.29) is 47.8 Å². The average Bonchev–Trinajstić information content (AvgIpc) is 2.76. The number of carbonyl (C=O) groups is 1. The quantitative estimate of drug-likeness (QED) is 0.610. The van der Waals surface area contributed by atoms with Crippen LogP contribution >= 0.6 is 11.8 Å². The summed E-state index contributed by atoms with van der Waals surface area (Å²) in [4.78, 5) is 22.8. The molecule has 2 unspecified atom stereocenters. The number of carbonyl (C=O) groups excluding carboxylic acids is 1. The van der Waals surface area contributed by atoms with Crippen molar-refractivity contribution in [2.45, 2.75) is 55.9 Å². The summed E-state index contributed by atoms with van der Waals surface area (Å²) in [5.74, 6) is -1.74. The van der Waals surface area contributed by atoms with Crippen molar-refractivity contribution in [2.24, 2.45) is 0 Å². The maximum absolute atomic E-state index is 15.1. The minimum Gasteiger partial charge on any atom is -0.472 e. The third kappa shape index (κ3) is 5.30. The van der Waals surface area contributed by atoms with Crippen molar-refractivity contribution >= 4 is 29.4 Å². The molecule has 1 amide bonds. The zero-order valence-electron chi connectivity index (χ0n) is 18.6. The van der Waals surface area contributed by atoms with Crippen molar-refractivity contribution in [1.29, 1.82) is 0 Å². The minimum absolute atomic E-state index is 0.0972. The maximum Gasteiger partial charge on any atom is 0.410 e. The van der Waals surface area contributed by atoms with Crippen molar-refractivity contribution in [2.75, 3.05) is 24.8 Å². The van der Waals surface area contributed by atoms with Gasteiger partial charge in [0.25, 0.3) is 5.88 Å². The van der Waals surface area contributed by atoms with Gasteiger partial charge in [0.1, 0.15) is 18.2 Å². The Hall–Kier alpha value is -2.66. The van der Waals surface area contributed by atoms with E-state index in [4.69, 9.17) is 14.2 Å². The molecule has 2 aromatic rings. The van der Waals surface area contributed by atoms with E-state index in [2.05, 4.69) is 15.3 Å². The van der Waals surface area contributed by atoms with Gasteiger partial charge in [-0.2, -0.15) is 9.37 Å². The number of halogens is 2. The number of amides is 1. The first-order valence-electron chi connectivity index (χ1n) is 10.7.